The number of carbonyl (C=O) groups excluding carboxylic acids is 1. The van der Waals surface area contributed by atoms with Crippen molar-refractivity contribution < 1.29 is 9.53 Å². The highest BCUT2D eigenvalue weighted by atomic mass is 16.5. The average Bonchev–Trinajstić information content (AvgIpc) is 2.87. The Morgan fingerprint density at radius 1 is 0.909 bits per heavy atom. The van der Waals surface area contributed by atoms with Crippen LogP contribution in [0, 0.1) is 17.2 Å². The quantitative estimate of drug-likeness (QED) is 0.201. The van der Waals surface area contributed by atoms with Crippen molar-refractivity contribution in [1.29, 1.82) is 5.26 Å². The van der Waals surface area contributed by atoms with Crippen LogP contribution in [0.1, 0.15) is 106 Å². The largest absolute Gasteiger partial charge is 0.425 e. The smallest absolute Gasteiger partial charge is 0.314 e. The van der Waals surface area contributed by atoms with Crippen molar-refractivity contribution in [2.75, 3.05) is 0 Å². The van der Waals surface area contributed by atoms with Gasteiger partial charge in [-0.15, -0.1) is 0 Å². The molecule has 0 heterocycles. The van der Waals surface area contributed by atoms with E-state index in [1.165, 1.54) is 43.2 Å². The highest BCUT2D eigenvalue weighted by molar-refractivity contribution is 5.76. The highest BCUT2D eigenvalue weighted by Gasteiger charge is 2.29. The molecule has 0 unspecified atom stereocenters. The fourth-order valence-corrected chi connectivity index (χ4v) is 4.90. The molecule has 0 saturated heterocycles. The van der Waals surface area contributed by atoms with Crippen molar-refractivity contribution in [2.45, 2.75) is 96.8 Å². The molecule has 0 radical (unpaired) electrons. The predicted octanol–water partition coefficient (Wildman–Crippen LogP) is 7.90. The van der Waals surface area contributed by atoms with E-state index in [0.29, 0.717) is 17.2 Å². The molecule has 0 N–H and O–H groups in total. The number of benzene rings is 2. The first-order chi connectivity index (χ1) is 16.1. The number of hydrogen-bond donors (Lipinski definition) is 0. The van der Waals surface area contributed by atoms with Crippen LogP contribution in [0.25, 0.3) is 0 Å². The van der Waals surface area contributed by atoms with Crippen molar-refractivity contribution in [3.63, 3.8) is 0 Å². The summed E-state index contributed by atoms with van der Waals surface area (Å²) in [7, 11) is 0. The third-order valence-corrected chi connectivity index (χ3v) is 7.11. The van der Waals surface area contributed by atoms with Gasteiger partial charge >= 0.3 is 5.97 Å². The van der Waals surface area contributed by atoms with Crippen molar-refractivity contribution in [3.8, 4) is 11.8 Å². The molecule has 33 heavy (non-hydrogen) atoms. The van der Waals surface area contributed by atoms with E-state index in [-0.39, 0.29) is 11.9 Å². The van der Waals surface area contributed by atoms with Crippen LogP contribution < -0.4 is 4.74 Å². The van der Waals surface area contributed by atoms with Crippen LogP contribution >= 0.6 is 0 Å². The van der Waals surface area contributed by atoms with E-state index in [4.69, 9.17) is 4.74 Å². The van der Waals surface area contributed by atoms with Gasteiger partial charge in [0.25, 0.3) is 0 Å². The van der Waals surface area contributed by atoms with Crippen LogP contribution in [0.15, 0.2) is 42.5 Å². The molecule has 0 bridgehead atoms. The molecular weight excluding hydrogens is 406 g/mol. The second-order valence-electron chi connectivity index (χ2n) is 9.52. The van der Waals surface area contributed by atoms with Crippen LogP contribution in [0.3, 0.4) is 0 Å². The fraction of sp³-hybridized carbons (Fsp3) is 0.533. The van der Waals surface area contributed by atoms with Gasteiger partial charge in [0.15, 0.2) is 0 Å². The van der Waals surface area contributed by atoms with Gasteiger partial charge in [-0.05, 0) is 79.7 Å². The Kier molecular flexibility index (Phi) is 10.0. The maximum absolute atomic E-state index is 12.8. The van der Waals surface area contributed by atoms with E-state index in [0.717, 1.165) is 50.5 Å². The molecule has 0 amide bonds. The summed E-state index contributed by atoms with van der Waals surface area (Å²) in [5.41, 5.74) is 4.36. The molecule has 3 nitrogen and oxygen atoms in total. The van der Waals surface area contributed by atoms with Crippen molar-refractivity contribution in [2.24, 2.45) is 5.92 Å². The van der Waals surface area contributed by atoms with Crippen LogP contribution in [0.4, 0.5) is 0 Å². The first kappa shape index (κ1) is 25.0. The van der Waals surface area contributed by atoms with Gasteiger partial charge in [0.2, 0.25) is 0 Å². The van der Waals surface area contributed by atoms with E-state index in [1.54, 1.807) is 0 Å². The SMILES string of the molecule is CCCCCCCCc1ccc(OC(=O)C2CCC(c3ccc(CC)cc3)CC2)c(C#N)c1. The second-order valence-corrected chi connectivity index (χ2v) is 9.52. The number of hydrogen-bond acceptors (Lipinski definition) is 3. The minimum absolute atomic E-state index is 0.0782. The maximum atomic E-state index is 12.8. The lowest BCUT2D eigenvalue weighted by Gasteiger charge is -2.27. The predicted molar refractivity (Wildman–Crippen MR) is 134 cm³/mol. The summed E-state index contributed by atoms with van der Waals surface area (Å²) in [4.78, 5) is 12.8. The summed E-state index contributed by atoms with van der Waals surface area (Å²) in [6.07, 6.45) is 13.3. The van der Waals surface area contributed by atoms with Gasteiger partial charge < -0.3 is 4.74 Å². The number of rotatable bonds is 11. The van der Waals surface area contributed by atoms with Crippen LogP contribution in [0.5, 0.6) is 5.75 Å². The van der Waals surface area contributed by atoms with E-state index in [1.807, 2.05) is 18.2 Å². The zero-order valence-electron chi connectivity index (χ0n) is 20.4. The van der Waals surface area contributed by atoms with Crippen molar-refractivity contribution in [1.82, 2.24) is 0 Å². The molecule has 2 aromatic carbocycles. The summed E-state index contributed by atoms with van der Waals surface area (Å²) >= 11 is 0. The lowest BCUT2D eigenvalue weighted by molar-refractivity contribution is -0.140. The molecule has 0 aliphatic heterocycles. The number of unbranched alkanes of at least 4 members (excludes halogenated alkanes) is 5. The number of aryl methyl sites for hydroxylation is 2. The molecule has 3 rings (SSSR count). The van der Waals surface area contributed by atoms with E-state index in [2.05, 4.69) is 44.2 Å². The molecule has 0 aromatic heterocycles. The van der Waals surface area contributed by atoms with Gasteiger partial charge in [-0.1, -0.05) is 76.3 Å². The normalized spacial score (nSPS) is 18.0. The van der Waals surface area contributed by atoms with Gasteiger partial charge in [-0.3, -0.25) is 4.79 Å². The molecule has 0 atom stereocenters. The van der Waals surface area contributed by atoms with E-state index >= 15 is 0 Å². The Balaban J connectivity index is 1.49. The maximum Gasteiger partial charge on any atom is 0.314 e. The van der Waals surface area contributed by atoms with Gasteiger partial charge in [0.1, 0.15) is 11.8 Å². The van der Waals surface area contributed by atoms with Gasteiger partial charge in [-0.2, -0.15) is 5.26 Å². The van der Waals surface area contributed by atoms with E-state index in [9.17, 15) is 10.1 Å². The molecule has 1 aliphatic carbocycles. The minimum atomic E-state index is -0.185. The number of ether oxygens (including phenoxy) is 1. The zero-order valence-corrected chi connectivity index (χ0v) is 20.4. The Bertz CT molecular complexity index is 917. The van der Waals surface area contributed by atoms with Crippen LogP contribution in [0.2, 0.25) is 0 Å². The summed E-state index contributed by atoms with van der Waals surface area (Å²) in [6, 6.07) is 16.9. The topological polar surface area (TPSA) is 50.1 Å². The molecular formula is C30H39NO2. The molecule has 3 heteroatoms. The van der Waals surface area contributed by atoms with Crippen LogP contribution in [-0.2, 0) is 17.6 Å². The Morgan fingerprint density at radius 2 is 1.58 bits per heavy atom. The zero-order chi connectivity index (χ0) is 23.5. The van der Waals surface area contributed by atoms with Gasteiger partial charge in [0, 0.05) is 0 Å². The van der Waals surface area contributed by atoms with Gasteiger partial charge in [0.05, 0.1) is 11.5 Å². The lowest BCUT2D eigenvalue weighted by Crippen LogP contribution is -2.25. The highest BCUT2D eigenvalue weighted by Crippen LogP contribution is 2.36. The molecule has 1 fully saturated rings. The second kappa shape index (κ2) is 13.2. The number of nitrogens with zero attached hydrogens (tertiary/aromatic N) is 1. The molecule has 2 aromatic rings. The molecule has 0 spiro atoms. The third kappa shape index (κ3) is 7.46. The van der Waals surface area contributed by atoms with Crippen molar-refractivity contribution >= 4 is 5.97 Å². The summed E-state index contributed by atoms with van der Waals surface area (Å²) in [6.45, 7) is 4.40. The number of nitriles is 1. The Morgan fingerprint density at radius 3 is 2.24 bits per heavy atom. The number of carbonyl (C=O) groups is 1. The van der Waals surface area contributed by atoms with Crippen LogP contribution in [-0.4, -0.2) is 5.97 Å². The van der Waals surface area contributed by atoms with Crippen molar-refractivity contribution in [3.05, 3.63) is 64.7 Å². The summed E-state index contributed by atoms with van der Waals surface area (Å²) in [5, 5.41) is 9.59. The first-order valence-electron chi connectivity index (χ1n) is 13.0. The minimum Gasteiger partial charge on any atom is -0.425 e. The molecule has 176 valence electrons. The molecule has 1 saturated carbocycles. The van der Waals surface area contributed by atoms with Gasteiger partial charge in [-0.25, -0.2) is 0 Å². The average molecular weight is 446 g/mol. The fourth-order valence-electron chi connectivity index (χ4n) is 4.90. The Hall–Kier alpha value is -2.60. The first-order valence-corrected chi connectivity index (χ1v) is 13.0. The standard InChI is InChI=1S/C30H39NO2/c1-3-5-6-7-8-9-10-24-13-20-29(28(21-24)22-31)33-30(32)27-18-16-26(17-19-27)25-14-11-23(4-2)12-15-25/h11-15,20-21,26-27H,3-10,16-19H2,1-2H3. The number of esters is 1. The third-order valence-electron chi connectivity index (χ3n) is 7.11. The Labute approximate surface area is 200 Å². The monoisotopic (exact) mass is 445 g/mol. The lowest BCUT2D eigenvalue weighted by atomic mass is 9.78. The molecule has 1 aliphatic rings. The van der Waals surface area contributed by atoms with E-state index < -0.39 is 0 Å². The summed E-state index contributed by atoms with van der Waals surface area (Å²) in [5.74, 6) is 0.669. The summed E-state index contributed by atoms with van der Waals surface area (Å²) < 4.78 is 5.71.